The van der Waals surface area contributed by atoms with E-state index in [4.69, 9.17) is 14.7 Å². The van der Waals surface area contributed by atoms with Gasteiger partial charge in [0.25, 0.3) is 11.8 Å². The van der Waals surface area contributed by atoms with Crippen LogP contribution in [0.25, 0.3) is 0 Å². The number of anilines is 3. The summed E-state index contributed by atoms with van der Waals surface area (Å²) in [6, 6.07) is 14.8. The number of amides is 3. The molecule has 2 N–H and O–H groups in total. The van der Waals surface area contributed by atoms with Gasteiger partial charge >= 0.3 is 6.09 Å². The Balaban J connectivity index is 1.43. The summed E-state index contributed by atoms with van der Waals surface area (Å²) >= 11 is 0. The fraction of sp³-hybridized carbons (Fsp3) is 0.273. The van der Waals surface area contributed by atoms with E-state index >= 15 is 0 Å². The van der Waals surface area contributed by atoms with E-state index in [9.17, 15) is 19.5 Å². The van der Waals surface area contributed by atoms with Crippen molar-refractivity contribution in [2.45, 2.75) is 12.2 Å². The highest BCUT2D eigenvalue weighted by Gasteiger charge is 2.39. The van der Waals surface area contributed by atoms with Crippen molar-refractivity contribution >= 4 is 35.0 Å². The molecule has 2 aliphatic heterocycles. The van der Waals surface area contributed by atoms with Crippen LogP contribution in [0.4, 0.5) is 21.9 Å². The van der Waals surface area contributed by atoms with E-state index in [1.807, 2.05) is 6.07 Å². The SMILES string of the molecule is N#Cc1ccc(NC(=O)[C@H](O)[C@H]2OCCN(c3ccc(N4CCOC4=O)cc3)C2=O)cc1. The molecule has 0 aliphatic carbocycles. The molecule has 3 amide bonds. The summed E-state index contributed by atoms with van der Waals surface area (Å²) in [7, 11) is 0. The first-order valence-corrected chi connectivity index (χ1v) is 9.94. The van der Waals surface area contributed by atoms with E-state index in [0.717, 1.165) is 0 Å². The Morgan fingerprint density at radius 3 is 2.25 bits per heavy atom. The van der Waals surface area contributed by atoms with Gasteiger partial charge in [0.15, 0.2) is 12.2 Å². The minimum Gasteiger partial charge on any atom is -0.447 e. The molecule has 10 heteroatoms. The maximum atomic E-state index is 12.9. The molecular formula is C22H20N4O6. The lowest BCUT2D eigenvalue weighted by molar-refractivity contribution is -0.150. The highest BCUT2D eigenvalue weighted by Crippen LogP contribution is 2.25. The van der Waals surface area contributed by atoms with Crippen LogP contribution in [-0.2, 0) is 19.1 Å². The van der Waals surface area contributed by atoms with Crippen LogP contribution in [0.5, 0.6) is 0 Å². The van der Waals surface area contributed by atoms with Crippen LogP contribution < -0.4 is 15.1 Å². The van der Waals surface area contributed by atoms with E-state index in [1.165, 1.54) is 34.1 Å². The Kier molecular flexibility index (Phi) is 6.02. The largest absolute Gasteiger partial charge is 0.447 e. The minimum absolute atomic E-state index is 0.137. The number of aliphatic hydroxyl groups excluding tert-OH is 1. The molecule has 2 aromatic rings. The molecule has 0 aromatic heterocycles. The molecule has 0 radical (unpaired) electrons. The van der Waals surface area contributed by atoms with Crippen molar-refractivity contribution in [1.29, 1.82) is 5.26 Å². The van der Waals surface area contributed by atoms with Gasteiger partial charge in [0.1, 0.15) is 6.61 Å². The van der Waals surface area contributed by atoms with Gasteiger partial charge in [-0.05, 0) is 48.5 Å². The van der Waals surface area contributed by atoms with Gasteiger partial charge in [-0.3, -0.25) is 14.5 Å². The Hall–Kier alpha value is -3.94. The first kappa shape index (κ1) is 21.3. The Labute approximate surface area is 183 Å². The Morgan fingerprint density at radius 1 is 1.03 bits per heavy atom. The number of morpholine rings is 1. The smallest absolute Gasteiger partial charge is 0.414 e. The Morgan fingerprint density at radius 2 is 1.66 bits per heavy atom. The van der Waals surface area contributed by atoms with Crippen LogP contribution in [0.2, 0.25) is 0 Å². The van der Waals surface area contributed by atoms with E-state index in [1.54, 1.807) is 24.3 Å². The molecule has 2 fully saturated rings. The number of hydrogen-bond acceptors (Lipinski definition) is 7. The molecule has 4 rings (SSSR count). The van der Waals surface area contributed by atoms with Crippen LogP contribution in [-0.4, -0.2) is 61.5 Å². The van der Waals surface area contributed by atoms with Crippen molar-refractivity contribution in [2.75, 3.05) is 41.4 Å². The van der Waals surface area contributed by atoms with Crippen LogP contribution in [0.15, 0.2) is 48.5 Å². The maximum Gasteiger partial charge on any atom is 0.414 e. The van der Waals surface area contributed by atoms with Crippen LogP contribution in [0, 0.1) is 11.3 Å². The number of nitrogens with one attached hydrogen (secondary N) is 1. The van der Waals surface area contributed by atoms with Crippen molar-refractivity contribution in [2.24, 2.45) is 0 Å². The number of nitrogens with zero attached hydrogens (tertiary/aromatic N) is 3. The second-order valence-corrected chi connectivity index (χ2v) is 7.19. The summed E-state index contributed by atoms with van der Waals surface area (Å²) in [5.74, 6) is -1.34. The maximum absolute atomic E-state index is 12.9. The van der Waals surface area contributed by atoms with Gasteiger partial charge in [-0.25, -0.2) is 4.79 Å². The molecule has 0 spiro atoms. The highest BCUT2D eigenvalue weighted by molar-refractivity contribution is 6.04. The predicted molar refractivity (Wildman–Crippen MR) is 113 cm³/mol. The number of rotatable bonds is 5. The predicted octanol–water partition coefficient (Wildman–Crippen LogP) is 1.25. The van der Waals surface area contributed by atoms with Gasteiger partial charge in [-0.1, -0.05) is 0 Å². The molecule has 2 saturated heterocycles. The molecule has 0 bridgehead atoms. The number of ether oxygens (including phenoxy) is 2. The second-order valence-electron chi connectivity index (χ2n) is 7.19. The summed E-state index contributed by atoms with van der Waals surface area (Å²) in [6.07, 6.45) is -3.51. The molecule has 0 saturated carbocycles. The number of cyclic esters (lactones) is 1. The number of aliphatic hydroxyl groups is 1. The molecule has 164 valence electrons. The van der Waals surface area contributed by atoms with Crippen molar-refractivity contribution < 1.29 is 29.0 Å². The lowest BCUT2D eigenvalue weighted by Gasteiger charge is -2.34. The zero-order valence-corrected chi connectivity index (χ0v) is 16.9. The van der Waals surface area contributed by atoms with Crippen LogP contribution in [0.1, 0.15) is 5.56 Å². The molecule has 0 unspecified atom stereocenters. The zero-order valence-electron chi connectivity index (χ0n) is 16.9. The molecule has 2 atom stereocenters. The van der Waals surface area contributed by atoms with Crippen molar-refractivity contribution in [3.8, 4) is 6.07 Å². The summed E-state index contributed by atoms with van der Waals surface area (Å²) in [5, 5.41) is 21.8. The van der Waals surface area contributed by atoms with E-state index in [0.29, 0.717) is 35.8 Å². The summed E-state index contributed by atoms with van der Waals surface area (Å²) in [5.41, 5.74) is 2.01. The lowest BCUT2D eigenvalue weighted by atomic mass is 10.1. The monoisotopic (exact) mass is 436 g/mol. The molecular weight excluding hydrogens is 416 g/mol. The number of carbonyl (C=O) groups excluding carboxylic acids is 3. The average molecular weight is 436 g/mol. The molecule has 2 heterocycles. The molecule has 32 heavy (non-hydrogen) atoms. The van der Waals surface area contributed by atoms with Crippen molar-refractivity contribution in [3.05, 3.63) is 54.1 Å². The van der Waals surface area contributed by atoms with Gasteiger partial charge in [-0.15, -0.1) is 0 Å². The first-order chi connectivity index (χ1) is 15.5. The van der Waals surface area contributed by atoms with Gasteiger partial charge in [0, 0.05) is 23.6 Å². The third-order valence-electron chi connectivity index (χ3n) is 5.19. The summed E-state index contributed by atoms with van der Waals surface area (Å²) < 4.78 is 10.3. The van der Waals surface area contributed by atoms with E-state index in [-0.39, 0.29) is 13.2 Å². The topological polar surface area (TPSA) is 132 Å². The number of hydrogen-bond donors (Lipinski definition) is 2. The minimum atomic E-state index is -1.72. The number of carbonyl (C=O) groups is 3. The van der Waals surface area contributed by atoms with Gasteiger partial charge in [0.2, 0.25) is 0 Å². The molecule has 2 aromatic carbocycles. The quantitative estimate of drug-likeness (QED) is 0.721. The van der Waals surface area contributed by atoms with Crippen molar-refractivity contribution in [3.63, 3.8) is 0 Å². The van der Waals surface area contributed by atoms with Gasteiger partial charge in [-0.2, -0.15) is 5.26 Å². The average Bonchev–Trinajstić information content (AvgIpc) is 3.25. The summed E-state index contributed by atoms with van der Waals surface area (Å²) in [6.45, 7) is 1.17. The zero-order chi connectivity index (χ0) is 22.7. The van der Waals surface area contributed by atoms with Crippen molar-refractivity contribution in [1.82, 2.24) is 0 Å². The van der Waals surface area contributed by atoms with E-state index in [2.05, 4.69) is 5.32 Å². The highest BCUT2D eigenvalue weighted by atomic mass is 16.6. The standard InChI is InChI=1S/C22H20N4O6/c23-13-14-1-3-15(4-2-14)24-20(28)18(27)19-21(29)25(9-11-31-19)16-5-7-17(8-6-16)26-10-12-32-22(26)30/h1-8,18-19,27H,9-12H2,(H,24,28)/t18-,19-/m1/s1. The van der Waals surface area contributed by atoms with Gasteiger partial charge in [0.05, 0.1) is 24.8 Å². The first-order valence-electron chi connectivity index (χ1n) is 9.94. The number of nitriles is 1. The lowest BCUT2D eigenvalue weighted by Crippen LogP contribution is -2.55. The summed E-state index contributed by atoms with van der Waals surface area (Å²) in [4.78, 5) is 40.0. The normalized spacial score (nSPS) is 19.3. The Bertz CT molecular complexity index is 1060. The molecule has 10 nitrogen and oxygen atoms in total. The van der Waals surface area contributed by atoms with E-state index < -0.39 is 30.1 Å². The number of benzene rings is 2. The fourth-order valence-corrected chi connectivity index (χ4v) is 3.51. The van der Waals surface area contributed by atoms with Crippen LogP contribution in [0.3, 0.4) is 0 Å². The molecule has 2 aliphatic rings. The fourth-order valence-electron chi connectivity index (χ4n) is 3.51. The van der Waals surface area contributed by atoms with Crippen LogP contribution >= 0.6 is 0 Å². The second kappa shape index (κ2) is 9.05. The third-order valence-corrected chi connectivity index (χ3v) is 5.19. The van der Waals surface area contributed by atoms with Gasteiger partial charge < -0.3 is 24.8 Å². The third kappa shape index (κ3) is 4.25.